The van der Waals surface area contributed by atoms with Gasteiger partial charge in [0.25, 0.3) is 0 Å². The molecule has 0 aliphatic rings. The first-order valence-electron chi connectivity index (χ1n) is 9.68. The molecule has 148 valence electrons. The minimum Gasteiger partial charge on any atom is -0.293 e. The fourth-order valence-corrected chi connectivity index (χ4v) is 4.53. The van der Waals surface area contributed by atoms with Crippen molar-refractivity contribution in [3.8, 4) is 22.4 Å². The van der Waals surface area contributed by atoms with Crippen LogP contribution in [0.15, 0.2) is 107 Å². The second kappa shape index (κ2) is 9.41. The van der Waals surface area contributed by atoms with Gasteiger partial charge in [-0.3, -0.25) is 4.79 Å². The molecule has 0 spiro atoms. The van der Waals surface area contributed by atoms with Crippen LogP contribution in [0, 0.1) is 0 Å². The Morgan fingerprint density at radius 2 is 1.40 bits per heavy atom. The highest BCUT2D eigenvalue weighted by Crippen LogP contribution is 2.28. The van der Waals surface area contributed by atoms with Crippen molar-refractivity contribution in [1.29, 1.82) is 0 Å². The van der Waals surface area contributed by atoms with E-state index in [2.05, 4.69) is 63.9 Å². The Morgan fingerprint density at radius 1 is 0.800 bits per heavy atom. The molecule has 1 heterocycles. The van der Waals surface area contributed by atoms with Crippen LogP contribution in [0.25, 0.3) is 22.4 Å². The molecule has 4 aromatic rings. The summed E-state index contributed by atoms with van der Waals surface area (Å²) in [6.45, 7) is 0. The lowest BCUT2D eigenvalue weighted by Gasteiger charge is -2.09. The van der Waals surface area contributed by atoms with E-state index in [0.717, 1.165) is 37.4 Å². The van der Waals surface area contributed by atoms with E-state index in [-0.39, 0.29) is 5.78 Å². The Labute approximate surface area is 189 Å². The first-order chi connectivity index (χ1) is 14.6. The van der Waals surface area contributed by atoms with E-state index in [1.54, 1.807) is 11.8 Å². The van der Waals surface area contributed by atoms with Gasteiger partial charge in [-0.2, -0.15) is 4.57 Å². The first-order valence-corrected chi connectivity index (χ1v) is 11.5. The summed E-state index contributed by atoms with van der Waals surface area (Å²) in [6.07, 6.45) is 0. The van der Waals surface area contributed by atoms with Gasteiger partial charge < -0.3 is 0 Å². The van der Waals surface area contributed by atoms with Gasteiger partial charge in [0.1, 0.15) is 7.05 Å². The highest BCUT2D eigenvalue weighted by Gasteiger charge is 2.19. The van der Waals surface area contributed by atoms with E-state index in [9.17, 15) is 4.79 Å². The van der Waals surface area contributed by atoms with Crippen LogP contribution in [-0.4, -0.2) is 11.5 Å². The number of Topliss-reactive ketones (excluding diaryl/α,β-unsaturated/α-hetero) is 1. The second-order valence-corrected chi connectivity index (χ2v) is 8.89. The number of carbonyl (C=O) groups excluding carboxylic acids is 1. The van der Waals surface area contributed by atoms with Crippen molar-refractivity contribution in [3.05, 3.63) is 107 Å². The maximum atomic E-state index is 12.7. The lowest BCUT2D eigenvalue weighted by molar-refractivity contribution is -0.698. The molecule has 0 bridgehead atoms. The highest BCUT2D eigenvalue weighted by molar-refractivity contribution is 9.10. The molecule has 1 aromatic heterocycles. The van der Waals surface area contributed by atoms with Gasteiger partial charge in [0.15, 0.2) is 5.78 Å². The van der Waals surface area contributed by atoms with Gasteiger partial charge in [0.2, 0.25) is 10.7 Å². The van der Waals surface area contributed by atoms with Gasteiger partial charge in [-0.1, -0.05) is 76.6 Å². The van der Waals surface area contributed by atoms with Crippen molar-refractivity contribution in [2.75, 3.05) is 5.75 Å². The molecule has 0 N–H and O–H groups in total. The summed E-state index contributed by atoms with van der Waals surface area (Å²) < 4.78 is 3.14. The standard InChI is InChI=1S/C26H21BrNOS/c1-28-24(20-10-6-3-7-11-20)16-22(19-8-4-2-5-9-19)17-26(28)30-18-25(29)21-12-14-23(27)15-13-21/h2-17H,18H2,1H3/q+1. The quantitative estimate of drug-likeness (QED) is 0.178. The topological polar surface area (TPSA) is 20.9 Å². The van der Waals surface area contributed by atoms with Crippen molar-refractivity contribution < 1.29 is 9.36 Å². The van der Waals surface area contributed by atoms with Crippen molar-refractivity contribution in [1.82, 2.24) is 0 Å². The van der Waals surface area contributed by atoms with E-state index in [1.165, 1.54) is 0 Å². The lowest BCUT2D eigenvalue weighted by atomic mass is 10.0. The fourth-order valence-electron chi connectivity index (χ4n) is 3.31. The van der Waals surface area contributed by atoms with Crippen molar-refractivity contribution in [2.45, 2.75) is 5.03 Å². The van der Waals surface area contributed by atoms with E-state index in [1.807, 2.05) is 60.7 Å². The molecule has 0 amide bonds. The number of carbonyl (C=O) groups is 1. The van der Waals surface area contributed by atoms with E-state index in [0.29, 0.717) is 5.75 Å². The molecular formula is C26H21BrNOS+. The summed E-state index contributed by atoms with van der Waals surface area (Å²) in [5.74, 6) is 0.515. The van der Waals surface area contributed by atoms with Gasteiger partial charge in [0, 0.05) is 27.7 Å². The second-order valence-electron chi connectivity index (χ2n) is 6.98. The Morgan fingerprint density at radius 3 is 2.03 bits per heavy atom. The van der Waals surface area contributed by atoms with Crippen molar-refractivity contribution in [3.63, 3.8) is 0 Å². The van der Waals surface area contributed by atoms with Crippen LogP contribution in [0.4, 0.5) is 0 Å². The molecule has 2 nitrogen and oxygen atoms in total. The molecule has 4 rings (SSSR count). The zero-order valence-electron chi connectivity index (χ0n) is 16.6. The van der Waals surface area contributed by atoms with Gasteiger partial charge >= 0.3 is 0 Å². The molecule has 0 saturated carbocycles. The predicted octanol–water partition coefficient (Wildman–Crippen LogP) is 6.58. The maximum absolute atomic E-state index is 12.7. The SMILES string of the molecule is C[n+]1c(SCC(=O)c2ccc(Br)cc2)cc(-c2ccccc2)cc1-c1ccccc1. The molecule has 0 atom stereocenters. The summed E-state index contributed by atoms with van der Waals surface area (Å²) in [5, 5.41) is 1.06. The van der Waals surface area contributed by atoms with Crippen molar-refractivity contribution in [2.24, 2.45) is 7.05 Å². The smallest absolute Gasteiger partial charge is 0.241 e. The number of hydrogen-bond donors (Lipinski definition) is 0. The fraction of sp³-hybridized carbons (Fsp3) is 0.0769. The Hall–Kier alpha value is -2.69. The third kappa shape index (κ3) is 4.72. The average molecular weight is 475 g/mol. The number of ketones is 1. The Bertz CT molecular complexity index is 1160. The molecule has 0 saturated heterocycles. The Balaban J connectivity index is 1.69. The molecule has 0 unspecified atom stereocenters. The summed E-state index contributed by atoms with van der Waals surface area (Å²) >= 11 is 4.99. The van der Waals surface area contributed by atoms with Crippen LogP contribution in [0.3, 0.4) is 0 Å². The molecule has 3 aromatic carbocycles. The van der Waals surface area contributed by atoms with Gasteiger partial charge in [-0.25, -0.2) is 0 Å². The van der Waals surface area contributed by atoms with Crippen LogP contribution < -0.4 is 4.57 Å². The zero-order valence-corrected chi connectivity index (χ0v) is 19.0. The molecule has 0 fully saturated rings. The average Bonchev–Trinajstić information content (AvgIpc) is 2.80. The number of aromatic nitrogens is 1. The van der Waals surface area contributed by atoms with Crippen LogP contribution in [-0.2, 0) is 7.05 Å². The molecule has 0 aliphatic carbocycles. The molecule has 0 aliphatic heterocycles. The van der Waals surface area contributed by atoms with Crippen LogP contribution in [0.1, 0.15) is 10.4 Å². The Kier molecular flexibility index (Phi) is 6.46. The minimum absolute atomic E-state index is 0.124. The number of rotatable bonds is 6. The van der Waals surface area contributed by atoms with E-state index in [4.69, 9.17) is 0 Å². The summed E-state index contributed by atoms with van der Waals surface area (Å²) in [4.78, 5) is 12.7. The van der Waals surface area contributed by atoms with Crippen LogP contribution >= 0.6 is 27.7 Å². The molecular weight excluding hydrogens is 454 g/mol. The van der Waals surface area contributed by atoms with E-state index >= 15 is 0 Å². The molecule has 0 radical (unpaired) electrons. The highest BCUT2D eigenvalue weighted by atomic mass is 79.9. The normalized spacial score (nSPS) is 10.7. The van der Waals surface area contributed by atoms with Gasteiger partial charge in [-0.15, -0.1) is 0 Å². The molecule has 4 heteroatoms. The molecule has 30 heavy (non-hydrogen) atoms. The van der Waals surface area contributed by atoms with Crippen LogP contribution in [0.2, 0.25) is 0 Å². The summed E-state index contributed by atoms with van der Waals surface area (Å²) in [5.41, 5.74) is 5.31. The zero-order chi connectivity index (χ0) is 20.9. The number of pyridine rings is 1. The summed E-state index contributed by atoms with van der Waals surface area (Å²) in [7, 11) is 2.06. The summed E-state index contributed by atoms with van der Waals surface area (Å²) in [6, 6.07) is 32.6. The lowest BCUT2D eigenvalue weighted by Crippen LogP contribution is -2.34. The van der Waals surface area contributed by atoms with Crippen molar-refractivity contribution >= 4 is 33.5 Å². The first kappa shape index (κ1) is 20.6. The number of nitrogens with zero attached hydrogens (tertiary/aromatic N) is 1. The van der Waals surface area contributed by atoms with Gasteiger partial charge in [0.05, 0.1) is 5.75 Å². The minimum atomic E-state index is 0.124. The third-order valence-electron chi connectivity index (χ3n) is 4.96. The number of thioether (sulfide) groups is 1. The predicted molar refractivity (Wildman–Crippen MR) is 128 cm³/mol. The maximum Gasteiger partial charge on any atom is 0.241 e. The van der Waals surface area contributed by atoms with Crippen LogP contribution in [0.5, 0.6) is 0 Å². The number of halogens is 1. The number of hydrogen-bond acceptors (Lipinski definition) is 2. The van der Waals surface area contributed by atoms with E-state index < -0.39 is 0 Å². The third-order valence-corrected chi connectivity index (χ3v) is 6.58. The number of benzene rings is 3. The van der Waals surface area contributed by atoms with Gasteiger partial charge in [-0.05, 0) is 47.2 Å². The largest absolute Gasteiger partial charge is 0.293 e. The monoisotopic (exact) mass is 474 g/mol.